The fourth-order valence-corrected chi connectivity index (χ4v) is 2.00. The van der Waals surface area contributed by atoms with Gasteiger partial charge in [0.05, 0.1) is 0 Å². The average Bonchev–Trinajstić information content (AvgIpc) is 2.24. The van der Waals surface area contributed by atoms with E-state index in [0.717, 1.165) is 12.0 Å². The second-order valence-corrected chi connectivity index (χ2v) is 4.56. The number of halogens is 2. The fraction of sp³-hybridized carbons (Fsp3) is 0.417. The lowest BCUT2D eigenvalue weighted by Crippen LogP contribution is -2.24. The minimum absolute atomic E-state index is 0.0771. The number of hydrogen-bond donors (Lipinski definition) is 1. The summed E-state index contributed by atoms with van der Waals surface area (Å²) in [5, 5.41) is 1.11. The summed E-state index contributed by atoms with van der Waals surface area (Å²) in [5.74, 6) is 0.0565. The van der Waals surface area contributed by atoms with E-state index < -0.39 is 0 Å². The van der Waals surface area contributed by atoms with Crippen LogP contribution in [-0.4, -0.2) is 12.3 Å². The molecule has 2 N–H and O–H groups in total. The summed E-state index contributed by atoms with van der Waals surface area (Å²) in [4.78, 5) is 11.8. The van der Waals surface area contributed by atoms with E-state index in [-0.39, 0.29) is 11.7 Å². The van der Waals surface area contributed by atoms with Gasteiger partial charge in [-0.15, -0.1) is 0 Å². The van der Waals surface area contributed by atoms with Crippen molar-refractivity contribution in [2.75, 3.05) is 6.54 Å². The summed E-state index contributed by atoms with van der Waals surface area (Å²) in [6, 6.07) is 5.17. The van der Waals surface area contributed by atoms with E-state index in [2.05, 4.69) is 0 Å². The average molecular weight is 260 g/mol. The Kier molecular flexibility index (Phi) is 5.26. The van der Waals surface area contributed by atoms with Crippen molar-refractivity contribution >= 4 is 29.0 Å². The van der Waals surface area contributed by atoms with Crippen LogP contribution in [0.5, 0.6) is 0 Å². The van der Waals surface area contributed by atoms with Crippen molar-refractivity contribution in [2.24, 2.45) is 11.7 Å². The number of Topliss-reactive ketones (excluding diaryl/α,β-unsaturated/α-hetero) is 1. The monoisotopic (exact) mass is 259 g/mol. The standard InChI is InChI=1S/C12H15Cl2NO/c1-2-8(7-15)12(16)5-9-3-4-10(13)6-11(9)14/h3-4,6,8H,2,5,7,15H2,1H3. The summed E-state index contributed by atoms with van der Waals surface area (Å²) >= 11 is 11.8. The highest BCUT2D eigenvalue weighted by molar-refractivity contribution is 6.35. The molecule has 0 fully saturated rings. The first-order chi connectivity index (χ1) is 7.58. The molecule has 0 aromatic heterocycles. The van der Waals surface area contributed by atoms with E-state index in [0.29, 0.717) is 23.0 Å². The normalized spacial score (nSPS) is 12.5. The van der Waals surface area contributed by atoms with Gasteiger partial charge in [-0.25, -0.2) is 0 Å². The first-order valence-electron chi connectivity index (χ1n) is 5.25. The number of nitrogens with two attached hydrogens (primary N) is 1. The van der Waals surface area contributed by atoms with Gasteiger partial charge in [-0.2, -0.15) is 0 Å². The number of benzene rings is 1. The van der Waals surface area contributed by atoms with Gasteiger partial charge in [-0.3, -0.25) is 4.79 Å². The van der Waals surface area contributed by atoms with Gasteiger partial charge in [-0.1, -0.05) is 36.2 Å². The van der Waals surface area contributed by atoms with Gasteiger partial charge >= 0.3 is 0 Å². The molecule has 0 aliphatic carbocycles. The van der Waals surface area contributed by atoms with Gasteiger partial charge in [0.25, 0.3) is 0 Å². The molecule has 0 aliphatic heterocycles. The van der Waals surface area contributed by atoms with Crippen LogP contribution in [0.15, 0.2) is 18.2 Å². The summed E-state index contributed by atoms with van der Waals surface area (Å²) in [5.41, 5.74) is 6.33. The molecule has 0 amide bonds. The van der Waals surface area contributed by atoms with Crippen LogP contribution >= 0.6 is 23.2 Å². The molecule has 0 radical (unpaired) electrons. The molecule has 88 valence electrons. The topological polar surface area (TPSA) is 43.1 Å². The maximum Gasteiger partial charge on any atom is 0.141 e. The Balaban J connectivity index is 2.76. The van der Waals surface area contributed by atoms with Gasteiger partial charge in [-0.05, 0) is 24.1 Å². The highest BCUT2D eigenvalue weighted by Gasteiger charge is 2.16. The lowest BCUT2D eigenvalue weighted by Gasteiger charge is -2.11. The zero-order valence-electron chi connectivity index (χ0n) is 9.17. The Labute approximate surface area is 106 Å². The number of hydrogen-bond acceptors (Lipinski definition) is 2. The SMILES string of the molecule is CCC(CN)C(=O)Cc1ccc(Cl)cc1Cl. The summed E-state index contributed by atoms with van der Waals surface area (Å²) in [6.45, 7) is 2.35. The molecular formula is C12H15Cl2NO. The number of carbonyl (C=O) groups is 1. The number of ketones is 1. The predicted octanol–water partition coefficient (Wildman–Crippen LogP) is 3.09. The lowest BCUT2D eigenvalue weighted by atomic mass is 9.96. The first-order valence-corrected chi connectivity index (χ1v) is 6.00. The van der Waals surface area contributed by atoms with Crippen LogP contribution in [0.1, 0.15) is 18.9 Å². The van der Waals surface area contributed by atoms with Crippen LogP contribution in [0, 0.1) is 5.92 Å². The van der Waals surface area contributed by atoms with Crippen LogP contribution in [0.25, 0.3) is 0 Å². The third-order valence-corrected chi connectivity index (χ3v) is 3.20. The molecule has 0 saturated heterocycles. The van der Waals surface area contributed by atoms with Crippen LogP contribution in [-0.2, 0) is 11.2 Å². The summed E-state index contributed by atoms with van der Waals surface area (Å²) < 4.78 is 0. The van der Waals surface area contributed by atoms with Crippen LogP contribution in [0.2, 0.25) is 10.0 Å². The van der Waals surface area contributed by atoms with Crippen molar-refractivity contribution in [1.82, 2.24) is 0 Å². The van der Waals surface area contributed by atoms with Gasteiger partial charge < -0.3 is 5.73 Å². The lowest BCUT2D eigenvalue weighted by molar-refractivity contribution is -0.122. The van der Waals surface area contributed by atoms with E-state index >= 15 is 0 Å². The van der Waals surface area contributed by atoms with Crippen molar-refractivity contribution in [2.45, 2.75) is 19.8 Å². The number of carbonyl (C=O) groups excluding carboxylic acids is 1. The molecule has 4 heteroatoms. The van der Waals surface area contributed by atoms with Crippen molar-refractivity contribution in [3.63, 3.8) is 0 Å². The molecule has 0 heterocycles. The highest BCUT2D eigenvalue weighted by Crippen LogP contribution is 2.22. The molecule has 0 spiro atoms. The first kappa shape index (κ1) is 13.5. The van der Waals surface area contributed by atoms with Crippen molar-refractivity contribution in [1.29, 1.82) is 0 Å². The Morgan fingerprint density at radius 1 is 1.44 bits per heavy atom. The maximum atomic E-state index is 11.8. The van der Waals surface area contributed by atoms with E-state index in [9.17, 15) is 4.79 Å². The fourth-order valence-electron chi connectivity index (χ4n) is 1.52. The molecular weight excluding hydrogens is 245 g/mol. The van der Waals surface area contributed by atoms with Crippen LogP contribution in [0.4, 0.5) is 0 Å². The van der Waals surface area contributed by atoms with E-state index in [1.807, 2.05) is 6.92 Å². The maximum absolute atomic E-state index is 11.8. The zero-order valence-corrected chi connectivity index (χ0v) is 10.7. The Morgan fingerprint density at radius 2 is 2.12 bits per heavy atom. The Bertz CT molecular complexity index is 375. The third kappa shape index (κ3) is 3.48. The number of rotatable bonds is 5. The molecule has 1 unspecified atom stereocenters. The second-order valence-electron chi connectivity index (χ2n) is 3.72. The molecule has 1 aromatic carbocycles. The Hall–Kier alpha value is -0.570. The van der Waals surface area contributed by atoms with Gasteiger partial charge in [0.1, 0.15) is 5.78 Å². The summed E-state index contributed by atoms with van der Waals surface area (Å²) in [6.07, 6.45) is 1.09. The molecule has 0 aliphatic rings. The largest absolute Gasteiger partial charge is 0.330 e. The third-order valence-electron chi connectivity index (χ3n) is 2.61. The minimum Gasteiger partial charge on any atom is -0.330 e. The molecule has 1 rings (SSSR count). The van der Waals surface area contributed by atoms with E-state index in [4.69, 9.17) is 28.9 Å². The molecule has 0 saturated carbocycles. The quantitative estimate of drug-likeness (QED) is 0.884. The second kappa shape index (κ2) is 6.24. The Morgan fingerprint density at radius 3 is 2.62 bits per heavy atom. The molecule has 1 atom stereocenters. The molecule has 0 bridgehead atoms. The van der Waals surface area contributed by atoms with Crippen LogP contribution in [0.3, 0.4) is 0 Å². The smallest absolute Gasteiger partial charge is 0.141 e. The van der Waals surface area contributed by atoms with E-state index in [1.165, 1.54) is 0 Å². The van der Waals surface area contributed by atoms with E-state index in [1.54, 1.807) is 18.2 Å². The van der Waals surface area contributed by atoms with Gasteiger partial charge in [0.15, 0.2) is 0 Å². The van der Waals surface area contributed by atoms with Gasteiger partial charge in [0, 0.05) is 28.9 Å². The molecule has 2 nitrogen and oxygen atoms in total. The predicted molar refractivity (Wildman–Crippen MR) is 68.0 cm³/mol. The van der Waals surface area contributed by atoms with Crippen molar-refractivity contribution in [3.05, 3.63) is 33.8 Å². The van der Waals surface area contributed by atoms with Crippen molar-refractivity contribution < 1.29 is 4.79 Å². The van der Waals surface area contributed by atoms with Crippen molar-refractivity contribution in [3.8, 4) is 0 Å². The molecule has 16 heavy (non-hydrogen) atoms. The minimum atomic E-state index is -0.0771. The zero-order chi connectivity index (χ0) is 12.1. The van der Waals surface area contributed by atoms with Crippen LogP contribution < -0.4 is 5.73 Å². The summed E-state index contributed by atoms with van der Waals surface area (Å²) in [7, 11) is 0. The molecule has 1 aromatic rings. The highest BCUT2D eigenvalue weighted by atomic mass is 35.5. The van der Waals surface area contributed by atoms with Gasteiger partial charge in [0.2, 0.25) is 0 Å².